The van der Waals surface area contributed by atoms with Crippen LogP contribution >= 0.6 is 11.3 Å². The molecule has 3 nitrogen and oxygen atoms in total. The molecule has 0 fully saturated rings. The van der Waals surface area contributed by atoms with Crippen LogP contribution in [0.2, 0.25) is 0 Å². The van der Waals surface area contributed by atoms with Crippen molar-refractivity contribution in [2.24, 2.45) is 11.8 Å². The Kier molecular flexibility index (Phi) is 5.00. The normalized spacial score (nSPS) is 12.2. The third kappa shape index (κ3) is 4.18. The zero-order chi connectivity index (χ0) is 14.7. The molecule has 0 aliphatic carbocycles. The molecule has 0 bridgehead atoms. The number of hydrogen-bond donors (Lipinski definition) is 1. The second-order valence-corrected chi connectivity index (χ2v) is 7.40. The second-order valence-electron chi connectivity index (χ2n) is 6.34. The molecule has 4 heteroatoms. The predicted molar refractivity (Wildman–Crippen MR) is 89.0 cm³/mol. The smallest absolute Gasteiger partial charge is 0.181 e. The van der Waals surface area contributed by atoms with Gasteiger partial charge in [-0.15, -0.1) is 0 Å². The highest BCUT2D eigenvalue weighted by Crippen LogP contribution is 2.25. The Morgan fingerprint density at radius 1 is 1.15 bits per heavy atom. The van der Waals surface area contributed by atoms with E-state index in [1.165, 1.54) is 10.3 Å². The number of rotatable bonds is 6. The Morgan fingerprint density at radius 2 is 1.80 bits per heavy atom. The lowest BCUT2D eigenvalue weighted by molar-refractivity contribution is 0.211. The second kappa shape index (κ2) is 6.55. The Bertz CT molecular complexity index is 550. The maximum atomic E-state index is 5.77. The van der Waals surface area contributed by atoms with Crippen LogP contribution in [-0.2, 0) is 6.54 Å². The van der Waals surface area contributed by atoms with Crippen molar-refractivity contribution in [3.05, 3.63) is 23.8 Å². The third-order valence-corrected chi connectivity index (χ3v) is 3.97. The molecule has 2 N–H and O–H groups in total. The number of nitrogens with zero attached hydrogens (tertiary/aromatic N) is 2. The van der Waals surface area contributed by atoms with Crippen LogP contribution in [0.5, 0.6) is 0 Å². The molecular formula is C16H25N3S. The molecule has 0 unspecified atom stereocenters. The number of thiazole rings is 1. The van der Waals surface area contributed by atoms with Gasteiger partial charge in [-0.25, -0.2) is 4.98 Å². The van der Waals surface area contributed by atoms with Gasteiger partial charge in [-0.05, 0) is 29.5 Å². The molecule has 0 radical (unpaired) electrons. The highest BCUT2D eigenvalue weighted by molar-refractivity contribution is 7.22. The average molecular weight is 291 g/mol. The fourth-order valence-corrected chi connectivity index (χ4v) is 3.38. The zero-order valence-corrected chi connectivity index (χ0v) is 13.7. The first-order chi connectivity index (χ1) is 9.44. The van der Waals surface area contributed by atoms with Crippen molar-refractivity contribution in [2.45, 2.75) is 34.2 Å². The topological polar surface area (TPSA) is 42.2 Å². The monoisotopic (exact) mass is 291 g/mol. The molecule has 20 heavy (non-hydrogen) atoms. The maximum Gasteiger partial charge on any atom is 0.181 e. The van der Waals surface area contributed by atoms with E-state index in [2.05, 4.69) is 55.8 Å². The molecule has 2 rings (SSSR count). The van der Waals surface area contributed by atoms with E-state index >= 15 is 0 Å². The molecule has 1 aromatic heterocycles. The maximum absolute atomic E-state index is 5.77. The van der Waals surface area contributed by atoms with Crippen LogP contribution in [0.3, 0.4) is 0 Å². The van der Waals surface area contributed by atoms with Gasteiger partial charge in [0.1, 0.15) is 0 Å². The van der Waals surface area contributed by atoms with Crippen LogP contribution in [0.4, 0.5) is 5.13 Å². The van der Waals surface area contributed by atoms with E-state index in [4.69, 9.17) is 5.73 Å². The lowest BCUT2D eigenvalue weighted by atomic mass is 10.1. The summed E-state index contributed by atoms with van der Waals surface area (Å²) >= 11 is 1.57. The minimum absolute atomic E-state index is 0.651. The van der Waals surface area contributed by atoms with Crippen LogP contribution in [0, 0.1) is 11.8 Å². The number of nitrogens with two attached hydrogens (primary N) is 1. The van der Waals surface area contributed by atoms with Crippen molar-refractivity contribution in [3.8, 4) is 0 Å². The SMILES string of the molecule is CC(C)CN(Cc1ccc2nc(N)sc2c1)CC(C)C. The first-order valence-corrected chi connectivity index (χ1v) is 8.13. The van der Waals surface area contributed by atoms with E-state index in [1.54, 1.807) is 11.3 Å². The summed E-state index contributed by atoms with van der Waals surface area (Å²) < 4.78 is 1.19. The number of anilines is 1. The summed E-state index contributed by atoms with van der Waals surface area (Å²) in [4.78, 5) is 6.86. The Balaban J connectivity index is 2.14. The van der Waals surface area contributed by atoms with Crippen molar-refractivity contribution in [1.82, 2.24) is 9.88 Å². The van der Waals surface area contributed by atoms with Crippen molar-refractivity contribution in [2.75, 3.05) is 18.8 Å². The van der Waals surface area contributed by atoms with E-state index in [1.807, 2.05) is 0 Å². The lowest BCUT2D eigenvalue weighted by Gasteiger charge is -2.26. The van der Waals surface area contributed by atoms with Gasteiger partial charge in [0.15, 0.2) is 5.13 Å². The summed E-state index contributed by atoms with van der Waals surface area (Å²) in [5, 5.41) is 0.651. The van der Waals surface area contributed by atoms with Gasteiger partial charge >= 0.3 is 0 Å². The van der Waals surface area contributed by atoms with Gasteiger partial charge in [-0.2, -0.15) is 0 Å². The highest BCUT2D eigenvalue weighted by Gasteiger charge is 2.11. The van der Waals surface area contributed by atoms with Gasteiger partial charge in [-0.3, -0.25) is 4.90 Å². The molecule has 0 saturated carbocycles. The largest absolute Gasteiger partial charge is 0.375 e. The zero-order valence-electron chi connectivity index (χ0n) is 12.9. The average Bonchev–Trinajstić information content (AvgIpc) is 2.66. The summed E-state index contributed by atoms with van der Waals surface area (Å²) in [5.41, 5.74) is 8.13. The van der Waals surface area contributed by atoms with E-state index in [9.17, 15) is 0 Å². The van der Waals surface area contributed by atoms with E-state index in [-0.39, 0.29) is 0 Å². The first-order valence-electron chi connectivity index (χ1n) is 7.31. The highest BCUT2D eigenvalue weighted by atomic mass is 32.1. The molecule has 2 aromatic rings. The lowest BCUT2D eigenvalue weighted by Crippen LogP contribution is -2.30. The van der Waals surface area contributed by atoms with Gasteiger partial charge in [0.05, 0.1) is 10.2 Å². The molecule has 1 aromatic carbocycles. The van der Waals surface area contributed by atoms with Crippen LogP contribution < -0.4 is 5.73 Å². The van der Waals surface area contributed by atoms with E-state index < -0.39 is 0 Å². The molecule has 0 aliphatic heterocycles. The van der Waals surface area contributed by atoms with Crippen LogP contribution in [-0.4, -0.2) is 23.0 Å². The molecular weight excluding hydrogens is 266 g/mol. The summed E-state index contributed by atoms with van der Waals surface area (Å²) in [6, 6.07) is 6.49. The Labute approximate surface area is 125 Å². The van der Waals surface area contributed by atoms with Gasteiger partial charge in [0.25, 0.3) is 0 Å². The molecule has 0 aliphatic rings. The van der Waals surface area contributed by atoms with Crippen molar-refractivity contribution in [3.63, 3.8) is 0 Å². The quantitative estimate of drug-likeness (QED) is 0.875. The minimum Gasteiger partial charge on any atom is -0.375 e. The predicted octanol–water partition coefficient (Wildman–Crippen LogP) is 3.99. The first kappa shape index (κ1) is 15.3. The van der Waals surface area contributed by atoms with Gasteiger partial charge in [0.2, 0.25) is 0 Å². The van der Waals surface area contributed by atoms with Gasteiger partial charge in [-0.1, -0.05) is 45.1 Å². The fourth-order valence-electron chi connectivity index (χ4n) is 2.58. The van der Waals surface area contributed by atoms with Gasteiger partial charge in [0, 0.05) is 19.6 Å². The standard InChI is InChI=1S/C16H25N3S/c1-11(2)8-19(9-12(3)4)10-13-5-6-14-15(7-13)20-16(17)18-14/h5-7,11-12H,8-10H2,1-4H3,(H2,17,18). The summed E-state index contributed by atoms with van der Waals surface area (Å²) in [6.07, 6.45) is 0. The Morgan fingerprint density at radius 3 is 2.40 bits per heavy atom. The molecule has 1 heterocycles. The van der Waals surface area contributed by atoms with E-state index in [0.29, 0.717) is 17.0 Å². The van der Waals surface area contributed by atoms with Crippen molar-refractivity contribution >= 4 is 26.7 Å². The Hall–Kier alpha value is -1.13. The number of benzene rings is 1. The summed E-state index contributed by atoms with van der Waals surface area (Å²) in [5.74, 6) is 1.38. The van der Waals surface area contributed by atoms with Crippen LogP contribution in [0.1, 0.15) is 33.3 Å². The van der Waals surface area contributed by atoms with Crippen molar-refractivity contribution < 1.29 is 0 Å². The van der Waals surface area contributed by atoms with Crippen LogP contribution in [0.15, 0.2) is 18.2 Å². The number of fused-ring (bicyclic) bond motifs is 1. The summed E-state index contributed by atoms with van der Waals surface area (Å²) in [7, 11) is 0. The minimum atomic E-state index is 0.651. The van der Waals surface area contributed by atoms with E-state index in [0.717, 1.165) is 25.2 Å². The van der Waals surface area contributed by atoms with Crippen molar-refractivity contribution in [1.29, 1.82) is 0 Å². The van der Waals surface area contributed by atoms with Gasteiger partial charge < -0.3 is 5.73 Å². The fraction of sp³-hybridized carbons (Fsp3) is 0.562. The molecule has 0 amide bonds. The molecule has 0 saturated heterocycles. The van der Waals surface area contributed by atoms with Crippen LogP contribution in [0.25, 0.3) is 10.2 Å². The molecule has 110 valence electrons. The third-order valence-electron chi connectivity index (χ3n) is 3.12. The number of nitrogen functional groups attached to an aromatic ring is 1. The number of hydrogen-bond acceptors (Lipinski definition) is 4. The number of aromatic nitrogens is 1. The summed E-state index contributed by atoms with van der Waals surface area (Å²) in [6.45, 7) is 12.4. The molecule has 0 spiro atoms. The molecule has 0 atom stereocenters.